The van der Waals surface area contributed by atoms with E-state index < -0.39 is 0 Å². The van der Waals surface area contributed by atoms with Crippen LogP contribution >= 0.6 is 0 Å². The van der Waals surface area contributed by atoms with Crippen LogP contribution in [0.25, 0.3) is 0 Å². The van der Waals surface area contributed by atoms with E-state index in [0.717, 1.165) is 62.3 Å². The number of carbonyl (C=O) groups is 1. The molecule has 4 rings (SSSR count). The molecule has 0 atom stereocenters. The van der Waals surface area contributed by atoms with Crippen LogP contribution in [0.5, 0.6) is 5.75 Å². The Labute approximate surface area is 159 Å². The summed E-state index contributed by atoms with van der Waals surface area (Å²) < 4.78 is 0. The molecule has 0 unspecified atom stereocenters. The Hall–Kier alpha value is -2.63. The number of anilines is 1. The number of amides is 1. The molecule has 1 N–H and O–H groups in total. The second-order valence-electron chi connectivity index (χ2n) is 7.47. The number of rotatable bonds is 2. The molecule has 2 aliphatic rings. The summed E-state index contributed by atoms with van der Waals surface area (Å²) in [6.45, 7) is 4.79. The Morgan fingerprint density at radius 3 is 2.63 bits per heavy atom. The van der Waals surface area contributed by atoms with Gasteiger partial charge in [0.1, 0.15) is 5.75 Å². The van der Waals surface area contributed by atoms with Crippen molar-refractivity contribution in [3.05, 3.63) is 46.6 Å². The zero-order valence-electron chi connectivity index (χ0n) is 15.8. The highest BCUT2D eigenvalue weighted by Crippen LogP contribution is 2.32. The van der Waals surface area contributed by atoms with Crippen molar-refractivity contribution < 1.29 is 9.90 Å². The molecule has 2 heterocycles. The van der Waals surface area contributed by atoms with Crippen LogP contribution in [0.15, 0.2) is 24.3 Å². The number of hydrogen-bond donors (Lipinski definition) is 1. The van der Waals surface area contributed by atoms with Crippen LogP contribution < -0.4 is 4.90 Å². The number of aryl methyl sites for hydroxylation is 2. The molecule has 1 aromatic heterocycles. The van der Waals surface area contributed by atoms with Crippen LogP contribution in [0.3, 0.4) is 0 Å². The maximum absolute atomic E-state index is 13.1. The molecule has 1 amide bonds. The third-order valence-electron chi connectivity index (χ3n) is 5.62. The molecule has 1 aromatic carbocycles. The lowest BCUT2D eigenvalue weighted by atomic mass is 9.89. The summed E-state index contributed by atoms with van der Waals surface area (Å²) in [5, 5.41) is 19.1. The van der Waals surface area contributed by atoms with E-state index in [2.05, 4.69) is 15.1 Å². The summed E-state index contributed by atoms with van der Waals surface area (Å²) in [6, 6.07) is 7.76. The number of fused-ring (bicyclic) bond motifs is 1. The first-order valence-electron chi connectivity index (χ1n) is 9.82. The van der Waals surface area contributed by atoms with Crippen molar-refractivity contribution in [2.45, 2.75) is 39.0 Å². The van der Waals surface area contributed by atoms with Gasteiger partial charge in [0, 0.05) is 26.2 Å². The molecule has 6 heteroatoms. The van der Waals surface area contributed by atoms with Gasteiger partial charge in [-0.25, -0.2) is 0 Å². The van der Waals surface area contributed by atoms with Crippen LogP contribution in [0.4, 0.5) is 5.82 Å². The second-order valence-corrected chi connectivity index (χ2v) is 7.47. The van der Waals surface area contributed by atoms with E-state index in [1.165, 1.54) is 5.56 Å². The lowest BCUT2D eigenvalue weighted by Crippen LogP contribution is -2.35. The molecule has 0 radical (unpaired) electrons. The van der Waals surface area contributed by atoms with Gasteiger partial charge in [0.2, 0.25) is 0 Å². The Bertz CT molecular complexity index is 835. The monoisotopic (exact) mass is 366 g/mol. The molecule has 1 aliphatic heterocycles. The van der Waals surface area contributed by atoms with E-state index in [1.54, 1.807) is 6.07 Å². The van der Waals surface area contributed by atoms with Crippen molar-refractivity contribution in [2.75, 3.05) is 31.1 Å². The standard InChI is InChI=1S/C21H26N4O2/c1-15-7-10-19(23-22-15)24-11-4-12-25(14-13-24)21(27)18-9-8-16-5-2-3-6-17(16)20(18)26/h7-10,26H,2-6,11-14H2,1H3. The number of nitrogens with zero attached hydrogens (tertiary/aromatic N) is 4. The molecule has 1 aliphatic carbocycles. The number of phenolic OH excluding ortho intramolecular Hbond substituents is 1. The van der Waals surface area contributed by atoms with Crippen molar-refractivity contribution in [1.29, 1.82) is 0 Å². The molecule has 142 valence electrons. The van der Waals surface area contributed by atoms with E-state index >= 15 is 0 Å². The Morgan fingerprint density at radius 1 is 0.963 bits per heavy atom. The zero-order chi connectivity index (χ0) is 18.8. The fraction of sp³-hybridized carbons (Fsp3) is 0.476. The second kappa shape index (κ2) is 7.55. The van der Waals surface area contributed by atoms with E-state index in [4.69, 9.17) is 0 Å². The van der Waals surface area contributed by atoms with Crippen molar-refractivity contribution in [3.8, 4) is 5.75 Å². The molecule has 1 saturated heterocycles. The number of benzene rings is 1. The van der Waals surface area contributed by atoms with Gasteiger partial charge >= 0.3 is 0 Å². The fourth-order valence-corrected chi connectivity index (χ4v) is 4.06. The molecule has 6 nitrogen and oxygen atoms in total. The Kier molecular flexibility index (Phi) is 4.97. The van der Waals surface area contributed by atoms with Crippen LogP contribution in [-0.2, 0) is 12.8 Å². The van der Waals surface area contributed by atoms with E-state index in [-0.39, 0.29) is 11.7 Å². The lowest BCUT2D eigenvalue weighted by Gasteiger charge is -2.24. The fourth-order valence-electron chi connectivity index (χ4n) is 4.06. The number of aromatic nitrogens is 2. The van der Waals surface area contributed by atoms with E-state index in [1.807, 2.05) is 30.0 Å². The molecule has 0 saturated carbocycles. The first-order chi connectivity index (χ1) is 13.1. The summed E-state index contributed by atoms with van der Waals surface area (Å²) in [6.07, 6.45) is 4.96. The van der Waals surface area contributed by atoms with Gasteiger partial charge in [-0.15, -0.1) is 5.10 Å². The normalized spacial score (nSPS) is 17.4. The quantitative estimate of drug-likeness (QED) is 0.885. The van der Waals surface area contributed by atoms with Gasteiger partial charge in [-0.05, 0) is 68.4 Å². The third kappa shape index (κ3) is 3.61. The summed E-state index contributed by atoms with van der Waals surface area (Å²) in [4.78, 5) is 17.1. The lowest BCUT2D eigenvalue weighted by molar-refractivity contribution is 0.0763. The average Bonchev–Trinajstić information content (AvgIpc) is 2.95. The minimum Gasteiger partial charge on any atom is -0.507 e. The van der Waals surface area contributed by atoms with Crippen LogP contribution in [-0.4, -0.2) is 52.3 Å². The number of aromatic hydroxyl groups is 1. The van der Waals surface area contributed by atoms with Crippen molar-refractivity contribution in [3.63, 3.8) is 0 Å². The predicted molar refractivity (Wildman–Crippen MR) is 104 cm³/mol. The minimum atomic E-state index is -0.0716. The topological polar surface area (TPSA) is 69.6 Å². The van der Waals surface area contributed by atoms with Crippen LogP contribution in [0, 0.1) is 6.92 Å². The van der Waals surface area contributed by atoms with Gasteiger partial charge in [-0.2, -0.15) is 5.10 Å². The molecule has 0 bridgehead atoms. The SMILES string of the molecule is Cc1ccc(N2CCCN(C(=O)c3ccc4c(c3O)CCCC4)CC2)nn1. The van der Waals surface area contributed by atoms with Gasteiger partial charge in [0.05, 0.1) is 11.3 Å². The molecule has 0 spiro atoms. The third-order valence-corrected chi connectivity index (χ3v) is 5.62. The van der Waals surface area contributed by atoms with Crippen LogP contribution in [0.2, 0.25) is 0 Å². The Balaban J connectivity index is 1.49. The molecule has 2 aromatic rings. The number of phenols is 1. The van der Waals surface area contributed by atoms with Crippen molar-refractivity contribution in [1.82, 2.24) is 15.1 Å². The Morgan fingerprint density at radius 2 is 1.81 bits per heavy atom. The molecular formula is C21H26N4O2. The van der Waals surface area contributed by atoms with Gasteiger partial charge in [0.25, 0.3) is 5.91 Å². The molecule has 1 fully saturated rings. The molecular weight excluding hydrogens is 340 g/mol. The van der Waals surface area contributed by atoms with Crippen molar-refractivity contribution in [2.24, 2.45) is 0 Å². The van der Waals surface area contributed by atoms with Crippen LogP contribution in [0.1, 0.15) is 46.4 Å². The summed E-state index contributed by atoms with van der Waals surface area (Å²) in [7, 11) is 0. The maximum Gasteiger partial charge on any atom is 0.257 e. The zero-order valence-corrected chi connectivity index (χ0v) is 15.8. The predicted octanol–water partition coefficient (Wildman–Crippen LogP) is 2.72. The summed E-state index contributed by atoms with van der Waals surface area (Å²) in [5.41, 5.74) is 3.50. The summed E-state index contributed by atoms with van der Waals surface area (Å²) >= 11 is 0. The minimum absolute atomic E-state index is 0.0716. The van der Waals surface area contributed by atoms with Crippen molar-refractivity contribution >= 4 is 11.7 Å². The van der Waals surface area contributed by atoms with E-state index in [9.17, 15) is 9.90 Å². The van der Waals surface area contributed by atoms with Gasteiger partial charge in [-0.1, -0.05) is 6.07 Å². The maximum atomic E-state index is 13.1. The van der Waals surface area contributed by atoms with E-state index in [0.29, 0.717) is 18.7 Å². The first-order valence-corrected chi connectivity index (χ1v) is 9.82. The summed E-state index contributed by atoms with van der Waals surface area (Å²) in [5.74, 6) is 0.979. The molecule has 27 heavy (non-hydrogen) atoms. The van der Waals surface area contributed by atoms with Gasteiger partial charge in [0.15, 0.2) is 5.82 Å². The van der Waals surface area contributed by atoms with Gasteiger partial charge in [-0.3, -0.25) is 4.79 Å². The van der Waals surface area contributed by atoms with Gasteiger partial charge < -0.3 is 14.9 Å². The highest BCUT2D eigenvalue weighted by atomic mass is 16.3. The smallest absolute Gasteiger partial charge is 0.257 e. The largest absolute Gasteiger partial charge is 0.507 e. The highest BCUT2D eigenvalue weighted by Gasteiger charge is 2.25. The highest BCUT2D eigenvalue weighted by molar-refractivity contribution is 5.97. The number of hydrogen-bond acceptors (Lipinski definition) is 5. The average molecular weight is 366 g/mol. The first kappa shape index (κ1) is 17.8. The number of carbonyl (C=O) groups excluding carboxylic acids is 1.